The molecule has 1 rings (SSSR count). The van der Waals surface area contributed by atoms with E-state index < -0.39 is 12.0 Å². The molecule has 5 heteroatoms. The minimum atomic E-state index is -1.17. The van der Waals surface area contributed by atoms with Crippen LogP contribution in [0.25, 0.3) is 0 Å². The van der Waals surface area contributed by atoms with Gasteiger partial charge in [0.05, 0.1) is 12.7 Å². The van der Waals surface area contributed by atoms with Gasteiger partial charge in [0.2, 0.25) is 11.9 Å². The average molecular weight is 224 g/mol. The van der Waals surface area contributed by atoms with E-state index >= 15 is 0 Å². The van der Waals surface area contributed by atoms with Crippen LogP contribution in [-0.2, 0) is 14.3 Å². The molecule has 0 saturated heterocycles. The lowest BCUT2D eigenvalue weighted by Crippen LogP contribution is -2.43. The van der Waals surface area contributed by atoms with Crippen LogP contribution in [0.15, 0.2) is 0 Å². The first-order chi connectivity index (χ1) is 7.69. The third-order valence-corrected chi connectivity index (χ3v) is 2.66. The maximum absolute atomic E-state index is 11.7. The lowest BCUT2D eigenvalue weighted by atomic mass is 10.1. The molecular weight excluding hydrogens is 208 g/mol. The molecule has 1 unspecified atom stereocenters. The van der Waals surface area contributed by atoms with Gasteiger partial charge in [0.1, 0.15) is 0 Å². The zero-order chi connectivity index (χ0) is 12.0. The van der Waals surface area contributed by atoms with E-state index in [1.807, 2.05) is 0 Å². The maximum atomic E-state index is 11.7. The van der Waals surface area contributed by atoms with Gasteiger partial charge in [-0.25, -0.2) is 4.79 Å². The average Bonchev–Trinajstić information content (AvgIpc) is 2.79. The summed E-state index contributed by atoms with van der Waals surface area (Å²) < 4.78 is 4.68. The monoisotopic (exact) mass is 224 g/mol. The molecule has 1 aliphatic rings. The van der Waals surface area contributed by atoms with Gasteiger partial charge in [-0.15, -0.1) is 0 Å². The van der Waals surface area contributed by atoms with E-state index in [0.717, 1.165) is 25.7 Å². The number of ether oxygens (including phenoxy) is 1. The van der Waals surface area contributed by atoms with Crippen LogP contribution >= 0.6 is 0 Å². The highest BCUT2D eigenvalue weighted by Gasteiger charge is 2.27. The number of hydrogen-bond acceptors (Lipinski definition) is 4. The lowest BCUT2D eigenvalue weighted by molar-refractivity contribution is -0.146. The summed E-state index contributed by atoms with van der Waals surface area (Å²) in [4.78, 5) is 22.9. The molecule has 1 fully saturated rings. The quantitative estimate of drug-likeness (QED) is 0.714. The molecule has 5 nitrogen and oxygen atoms in total. The summed E-state index contributed by atoms with van der Waals surface area (Å²) in [5.41, 5.74) is 0. The second-order valence-electron chi connectivity index (χ2n) is 3.80. The van der Waals surface area contributed by atoms with Crippen molar-refractivity contribution in [1.29, 1.82) is 5.26 Å². The van der Waals surface area contributed by atoms with Crippen molar-refractivity contribution in [2.45, 2.75) is 38.6 Å². The van der Waals surface area contributed by atoms with Crippen molar-refractivity contribution in [2.75, 3.05) is 6.61 Å². The Morgan fingerprint density at radius 3 is 2.62 bits per heavy atom. The van der Waals surface area contributed by atoms with Crippen molar-refractivity contribution in [3.8, 4) is 6.07 Å². The van der Waals surface area contributed by atoms with Crippen molar-refractivity contribution >= 4 is 11.9 Å². The van der Waals surface area contributed by atoms with Gasteiger partial charge in [-0.1, -0.05) is 12.8 Å². The van der Waals surface area contributed by atoms with Crippen LogP contribution in [0, 0.1) is 17.2 Å². The second-order valence-corrected chi connectivity index (χ2v) is 3.80. The summed E-state index contributed by atoms with van der Waals surface area (Å²) in [6.45, 7) is 1.86. The van der Waals surface area contributed by atoms with Crippen molar-refractivity contribution in [3.05, 3.63) is 0 Å². The first-order valence-corrected chi connectivity index (χ1v) is 5.55. The number of nitriles is 1. The van der Waals surface area contributed by atoms with Crippen LogP contribution in [0.2, 0.25) is 0 Å². The highest BCUT2D eigenvalue weighted by atomic mass is 16.5. The fraction of sp³-hybridized carbons (Fsp3) is 0.727. The maximum Gasteiger partial charge on any atom is 0.343 e. The first kappa shape index (κ1) is 12.5. The van der Waals surface area contributed by atoms with Gasteiger partial charge in [-0.3, -0.25) is 4.79 Å². The molecule has 0 aromatic rings. The Bertz CT molecular complexity index is 303. The molecule has 0 aliphatic heterocycles. The predicted octanol–water partition coefficient (Wildman–Crippen LogP) is 0.748. The van der Waals surface area contributed by atoms with Crippen molar-refractivity contribution in [1.82, 2.24) is 5.32 Å². The van der Waals surface area contributed by atoms with Gasteiger partial charge in [0, 0.05) is 5.92 Å². The number of carbonyl (C=O) groups is 2. The summed E-state index contributed by atoms with van der Waals surface area (Å²) in [5, 5.41) is 11.2. The predicted molar refractivity (Wildman–Crippen MR) is 56.1 cm³/mol. The van der Waals surface area contributed by atoms with E-state index in [1.165, 1.54) is 0 Å². The Hall–Kier alpha value is -1.57. The van der Waals surface area contributed by atoms with Crippen molar-refractivity contribution in [3.63, 3.8) is 0 Å². The largest absolute Gasteiger partial charge is 0.464 e. The standard InChI is InChI=1S/C11H16N2O3/c1-2-16-11(15)9(7-12)13-10(14)8-5-3-4-6-8/h8-9H,2-6H2,1H3,(H,13,14). The summed E-state index contributed by atoms with van der Waals surface area (Å²) in [5.74, 6) is -0.946. The topological polar surface area (TPSA) is 79.2 Å². The van der Waals surface area contributed by atoms with E-state index in [4.69, 9.17) is 5.26 Å². The van der Waals surface area contributed by atoms with Crippen LogP contribution in [0.5, 0.6) is 0 Å². The molecule has 1 saturated carbocycles. The first-order valence-electron chi connectivity index (χ1n) is 5.55. The third kappa shape index (κ3) is 3.23. The van der Waals surface area contributed by atoms with Crippen LogP contribution in [0.4, 0.5) is 0 Å². The Balaban J connectivity index is 2.46. The van der Waals surface area contributed by atoms with Gasteiger partial charge in [0.25, 0.3) is 0 Å². The molecule has 1 atom stereocenters. The van der Waals surface area contributed by atoms with Crippen LogP contribution < -0.4 is 5.32 Å². The van der Waals surface area contributed by atoms with Gasteiger partial charge >= 0.3 is 5.97 Å². The van der Waals surface area contributed by atoms with Crippen LogP contribution in [0.1, 0.15) is 32.6 Å². The van der Waals surface area contributed by atoms with E-state index in [1.54, 1.807) is 13.0 Å². The number of rotatable bonds is 4. The summed E-state index contributed by atoms with van der Waals surface area (Å²) in [6, 6.07) is 0.561. The van der Waals surface area contributed by atoms with Crippen LogP contribution in [-0.4, -0.2) is 24.5 Å². The van der Waals surface area contributed by atoms with Gasteiger partial charge in [-0.05, 0) is 19.8 Å². The second kappa shape index (κ2) is 6.11. The molecule has 0 bridgehead atoms. The molecule has 1 aliphatic carbocycles. The molecular formula is C11H16N2O3. The highest BCUT2D eigenvalue weighted by Crippen LogP contribution is 2.24. The van der Waals surface area contributed by atoms with Gasteiger partial charge in [-0.2, -0.15) is 5.26 Å². The van der Waals surface area contributed by atoms with E-state index in [9.17, 15) is 9.59 Å². The minimum absolute atomic E-state index is 0.0507. The molecule has 0 heterocycles. The number of nitrogens with zero attached hydrogens (tertiary/aromatic N) is 1. The smallest absolute Gasteiger partial charge is 0.343 e. The lowest BCUT2D eigenvalue weighted by Gasteiger charge is -2.13. The number of hydrogen-bond donors (Lipinski definition) is 1. The molecule has 1 N–H and O–H groups in total. The highest BCUT2D eigenvalue weighted by molar-refractivity contribution is 5.87. The molecule has 1 amide bonds. The number of amides is 1. The Labute approximate surface area is 94.8 Å². The minimum Gasteiger partial charge on any atom is -0.464 e. The van der Waals surface area contributed by atoms with Crippen LogP contribution in [0.3, 0.4) is 0 Å². The van der Waals surface area contributed by atoms with E-state index in [0.29, 0.717) is 0 Å². The molecule has 0 spiro atoms. The molecule has 0 aromatic carbocycles. The number of nitrogens with one attached hydrogen (secondary N) is 1. The number of esters is 1. The Morgan fingerprint density at radius 2 is 2.12 bits per heavy atom. The summed E-state index contributed by atoms with van der Waals surface area (Å²) >= 11 is 0. The number of carbonyl (C=O) groups excluding carboxylic acids is 2. The van der Waals surface area contributed by atoms with E-state index in [-0.39, 0.29) is 18.4 Å². The Morgan fingerprint density at radius 1 is 1.50 bits per heavy atom. The zero-order valence-corrected chi connectivity index (χ0v) is 9.36. The summed E-state index contributed by atoms with van der Waals surface area (Å²) in [7, 11) is 0. The fourth-order valence-electron chi connectivity index (χ4n) is 1.82. The van der Waals surface area contributed by atoms with Crippen molar-refractivity contribution < 1.29 is 14.3 Å². The SMILES string of the molecule is CCOC(=O)C(C#N)NC(=O)C1CCCC1. The summed E-state index contributed by atoms with van der Waals surface area (Å²) in [6.07, 6.45) is 3.75. The Kier molecular flexibility index (Phi) is 4.77. The third-order valence-electron chi connectivity index (χ3n) is 2.66. The van der Waals surface area contributed by atoms with Gasteiger partial charge in [0.15, 0.2) is 0 Å². The molecule has 16 heavy (non-hydrogen) atoms. The molecule has 0 radical (unpaired) electrons. The van der Waals surface area contributed by atoms with Crippen molar-refractivity contribution in [2.24, 2.45) is 5.92 Å². The molecule has 88 valence electrons. The normalized spacial score (nSPS) is 17.5. The fourth-order valence-corrected chi connectivity index (χ4v) is 1.82. The molecule has 0 aromatic heterocycles. The van der Waals surface area contributed by atoms with E-state index in [2.05, 4.69) is 10.1 Å². The zero-order valence-electron chi connectivity index (χ0n) is 9.36. The van der Waals surface area contributed by atoms with Gasteiger partial charge < -0.3 is 10.1 Å².